The molecular weight excluding hydrogens is 442 g/mol. The van der Waals surface area contributed by atoms with Crippen LogP contribution >= 0.6 is 11.3 Å². The predicted octanol–water partition coefficient (Wildman–Crippen LogP) is 4.41. The van der Waals surface area contributed by atoms with E-state index in [0.717, 1.165) is 52.8 Å². The number of hydrogen-bond acceptors (Lipinski definition) is 5. The molecule has 0 fully saturated rings. The molecule has 170 valence electrons. The second kappa shape index (κ2) is 9.49. The van der Waals surface area contributed by atoms with Gasteiger partial charge in [0.25, 0.3) is 5.56 Å². The summed E-state index contributed by atoms with van der Waals surface area (Å²) in [4.78, 5) is 23.7. The molecular formula is C25H24F2N4OS. The number of thiophene rings is 1. The quantitative estimate of drug-likeness (QED) is 0.438. The topological polar surface area (TPSA) is 59.8 Å². The number of hydrogen-bond donors (Lipinski definition) is 1. The number of nitrogens with zero attached hydrogens (tertiary/aromatic N) is 3. The van der Waals surface area contributed by atoms with Gasteiger partial charge in [-0.25, -0.2) is 13.8 Å². The Balaban J connectivity index is 1.29. The van der Waals surface area contributed by atoms with Gasteiger partial charge in [-0.2, -0.15) is 0 Å². The Hall–Kier alpha value is -2.97. The summed E-state index contributed by atoms with van der Waals surface area (Å²) in [7, 11) is 0. The normalized spacial score (nSPS) is 15.6. The minimum atomic E-state index is -0.533. The molecule has 0 spiro atoms. The van der Waals surface area contributed by atoms with Crippen LogP contribution in [0.4, 0.5) is 8.78 Å². The average Bonchev–Trinajstić information content (AvgIpc) is 3.19. The molecule has 5 rings (SSSR count). The summed E-state index contributed by atoms with van der Waals surface area (Å²) >= 11 is 1.56. The van der Waals surface area contributed by atoms with E-state index in [0.29, 0.717) is 6.54 Å². The molecule has 0 unspecified atom stereocenters. The number of benzene rings is 1. The minimum Gasteiger partial charge on any atom is -0.309 e. The summed E-state index contributed by atoms with van der Waals surface area (Å²) in [6.45, 7) is 0.763. The van der Waals surface area contributed by atoms with Gasteiger partial charge < -0.3 is 5.32 Å². The van der Waals surface area contributed by atoms with Gasteiger partial charge in [0.1, 0.15) is 16.5 Å². The van der Waals surface area contributed by atoms with Gasteiger partial charge in [-0.05, 0) is 67.5 Å². The van der Waals surface area contributed by atoms with Crippen molar-refractivity contribution < 1.29 is 8.78 Å². The van der Waals surface area contributed by atoms with Crippen LogP contribution in [0.2, 0.25) is 0 Å². The van der Waals surface area contributed by atoms with Crippen LogP contribution in [0.25, 0.3) is 10.2 Å². The first kappa shape index (κ1) is 21.9. The summed E-state index contributed by atoms with van der Waals surface area (Å²) in [5.41, 5.74) is 2.38. The van der Waals surface area contributed by atoms with E-state index in [9.17, 15) is 13.6 Å². The van der Waals surface area contributed by atoms with Crippen LogP contribution in [0.15, 0.2) is 53.8 Å². The van der Waals surface area contributed by atoms with Crippen LogP contribution in [-0.2, 0) is 32.4 Å². The SMILES string of the molecule is O=c1c2c3c(sc2ncn1CCCc1ccncc1)C[C@@H](NCc1c(F)cccc1F)CC3. The highest BCUT2D eigenvalue weighted by atomic mass is 32.1. The molecule has 3 aromatic heterocycles. The van der Waals surface area contributed by atoms with Crippen molar-refractivity contribution in [1.29, 1.82) is 0 Å². The Morgan fingerprint density at radius 2 is 1.94 bits per heavy atom. The highest BCUT2D eigenvalue weighted by molar-refractivity contribution is 7.18. The number of aromatic nitrogens is 3. The maximum absolute atomic E-state index is 13.9. The average molecular weight is 467 g/mol. The Labute approximate surface area is 194 Å². The summed E-state index contributed by atoms with van der Waals surface area (Å²) in [5, 5.41) is 4.03. The zero-order valence-electron chi connectivity index (χ0n) is 18.1. The predicted molar refractivity (Wildman–Crippen MR) is 125 cm³/mol. The molecule has 5 nitrogen and oxygen atoms in total. The molecule has 0 aliphatic heterocycles. The smallest absolute Gasteiger partial charge is 0.262 e. The van der Waals surface area contributed by atoms with Crippen LogP contribution in [0.5, 0.6) is 0 Å². The summed E-state index contributed by atoms with van der Waals surface area (Å²) in [6, 6.07) is 8.01. The van der Waals surface area contributed by atoms with Crippen LogP contribution in [0.1, 0.15) is 34.4 Å². The summed E-state index contributed by atoms with van der Waals surface area (Å²) in [6.07, 6.45) is 9.23. The molecule has 0 saturated carbocycles. The van der Waals surface area contributed by atoms with Gasteiger partial charge in [-0.3, -0.25) is 14.3 Å². The maximum atomic E-state index is 13.9. The lowest BCUT2D eigenvalue weighted by Crippen LogP contribution is -2.34. The monoisotopic (exact) mass is 466 g/mol. The molecule has 0 bridgehead atoms. The van der Waals surface area contributed by atoms with Gasteiger partial charge in [0.2, 0.25) is 0 Å². The molecule has 1 aliphatic carbocycles. The zero-order valence-corrected chi connectivity index (χ0v) is 18.9. The molecule has 1 aromatic carbocycles. The van der Waals surface area contributed by atoms with E-state index in [4.69, 9.17) is 0 Å². The van der Waals surface area contributed by atoms with Gasteiger partial charge in [0, 0.05) is 42.0 Å². The summed E-state index contributed by atoms with van der Waals surface area (Å²) in [5.74, 6) is -1.07. The summed E-state index contributed by atoms with van der Waals surface area (Å²) < 4.78 is 29.6. The van der Waals surface area contributed by atoms with Crippen molar-refractivity contribution in [3.63, 3.8) is 0 Å². The van der Waals surface area contributed by atoms with E-state index in [2.05, 4.69) is 15.3 Å². The number of pyridine rings is 1. The van der Waals surface area contributed by atoms with Gasteiger partial charge >= 0.3 is 0 Å². The fourth-order valence-electron chi connectivity index (χ4n) is 4.49. The van der Waals surface area contributed by atoms with Crippen LogP contribution < -0.4 is 10.9 Å². The molecule has 1 aliphatic rings. The molecule has 1 N–H and O–H groups in total. The molecule has 0 saturated heterocycles. The van der Waals surface area contributed by atoms with E-state index in [1.165, 1.54) is 23.8 Å². The van der Waals surface area contributed by atoms with Crippen molar-refractivity contribution in [2.45, 2.75) is 51.2 Å². The largest absolute Gasteiger partial charge is 0.309 e. The van der Waals surface area contributed by atoms with Crippen LogP contribution in [0, 0.1) is 11.6 Å². The Morgan fingerprint density at radius 1 is 1.15 bits per heavy atom. The lowest BCUT2D eigenvalue weighted by molar-refractivity contribution is 0.445. The Kier molecular flexibility index (Phi) is 6.28. The molecule has 8 heteroatoms. The van der Waals surface area contributed by atoms with Crippen molar-refractivity contribution in [3.05, 3.63) is 92.6 Å². The van der Waals surface area contributed by atoms with Gasteiger partial charge in [-0.15, -0.1) is 11.3 Å². The number of nitrogens with one attached hydrogen (secondary N) is 1. The highest BCUT2D eigenvalue weighted by Gasteiger charge is 2.25. The fourth-order valence-corrected chi connectivity index (χ4v) is 5.74. The lowest BCUT2D eigenvalue weighted by atomic mass is 9.93. The van der Waals surface area contributed by atoms with Crippen molar-refractivity contribution in [2.24, 2.45) is 0 Å². The number of rotatable bonds is 7. The number of aryl methyl sites for hydroxylation is 3. The maximum Gasteiger partial charge on any atom is 0.262 e. The van der Waals surface area contributed by atoms with Crippen LogP contribution in [-0.4, -0.2) is 20.6 Å². The molecule has 3 heterocycles. The lowest BCUT2D eigenvalue weighted by Gasteiger charge is -2.23. The zero-order chi connectivity index (χ0) is 22.8. The first-order chi connectivity index (χ1) is 16.1. The molecule has 0 amide bonds. The first-order valence-corrected chi connectivity index (χ1v) is 12.0. The molecule has 0 radical (unpaired) electrons. The van der Waals surface area contributed by atoms with E-state index in [1.54, 1.807) is 34.6 Å². The van der Waals surface area contributed by atoms with Gasteiger partial charge in [0.05, 0.1) is 11.7 Å². The van der Waals surface area contributed by atoms with Crippen LogP contribution in [0.3, 0.4) is 0 Å². The van der Waals surface area contributed by atoms with Crippen molar-refractivity contribution in [2.75, 3.05) is 0 Å². The third-order valence-electron chi connectivity index (χ3n) is 6.28. The number of fused-ring (bicyclic) bond motifs is 3. The van der Waals surface area contributed by atoms with Gasteiger partial charge in [0.15, 0.2) is 0 Å². The highest BCUT2D eigenvalue weighted by Crippen LogP contribution is 2.33. The van der Waals surface area contributed by atoms with E-state index < -0.39 is 11.6 Å². The van der Waals surface area contributed by atoms with Crippen molar-refractivity contribution >= 4 is 21.6 Å². The molecule has 1 atom stereocenters. The Bertz CT molecular complexity index is 1320. The van der Waals surface area contributed by atoms with E-state index in [1.807, 2.05) is 12.1 Å². The van der Waals surface area contributed by atoms with E-state index in [-0.39, 0.29) is 23.7 Å². The first-order valence-electron chi connectivity index (χ1n) is 11.1. The van der Waals surface area contributed by atoms with Crippen molar-refractivity contribution in [3.8, 4) is 0 Å². The Morgan fingerprint density at radius 3 is 2.73 bits per heavy atom. The van der Waals surface area contributed by atoms with Gasteiger partial charge in [-0.1, -0.05) is 6.07 Å². The fraction of sp³-hybridized carbons (Fsp3) is 0.320. The molecule has 33 heavy (non-hydrogen) atoms. The standard InChI is InChI=1S/C25H24F2N4OS/c26-20-4-1-5-21(27)19(20)14-29-17-6-7-18-22(13-17)33-24-23(18)25(32)31(15-30-24)12-2-3-16-8-10-28-11-9-16/h1,4-5,8-11,15,17,29H,2-3,6-7,12-14H2/t17-/m0/s1. The number of halogens is 2. The van der Waals surface area contributed by atoms with E-state index >= 15 is 0 Å². The third kappa shape index (κ3) is 4.58. The second-order valence-electron chi connectivity index (χ2n) is 8.41. The third-order valence-corrected chi connectivity index (χ3v) is 7.44. The van der Waals surface area contributed by atoms with Crippen molar-refractivity contribution in [1.82, 2.24) is 19.9 Å². The minimum absolute atomic E-state index is 0.0204. The second-order valence-corrected chi connectivity index (χ2v) is 9.49. The molecule has 4 aromatic rings.